The zero-order valence-electron chi connectivity index (χ0n) is 18.6. The topological polar surface area (TPSA) is 126 Å². The maximum absolute atomic E-state index is 13.2. The number of rotatable bonds is 7. The summed E-state index contributed by atoms with van der Waals surface area (Å²) in [7, 11) is 0. The first-order chi connectivity index (χ1) is 15.9. The van der Waals surface area contributed by atoms with E-state index in [-0.39, 0.29) is 44.4 Å². The van der Waals surface area contributed by atoms with Crippen LogP contribution in [-0.4, -0.2) is 64.0 Å². The predicted molar refractivity (Wildman–Crippen MR) is 116 cm³/mol. The average molecular weight is 459 g/mol. The van der Waals surface area contributed by atoms with Crippen molar-refractivity contribution in [2.24, 2.45) is 28.8 Å². The number of aliphatic hydroxyl groups excluding tert-OH is 2. The largest absolute Gasteiger partial charge is 0.466 e. The van der Waals surface area contributed by atoms with E-state index in [0.717, 1.165) is 10.5 Å². The fourth-order valence-electron chi connectivity index (χ4n) is 5.46. The van der Waals surface area contributed by atoms with Crippen molar-refractivity contribution >= 4 is 23.5 Å². The van der Waals surface area contributed by atoms with Crippen LogP contribution in [0.2, 0.25) is 0 Å². The third-order valence-electron chi connectivity index (χ3n) is 6.97. The number of hydrogen-bond acceptors (Lipinski definition) is 8. The normalized spacial score (nSPS) is 32.5. The summed E-state index contributed by atoms with van der Waals surface area (Å²) in [5, 5.41) is 25.6. The van der Waals surface area contributed by atoms with E-state index in [9.17, 15) is 24.6 Å². The van der Waals surface area contributed by atoms with Gasteiger partial charge in [0.25, 0.3) is 0 Å². The summed E-state index contributed by atoms with van der Waals surface area (Å²) in [4.78, 5) is 44.6. The SMILES string of the molecule is CCOC(=O)CCN1C(=O)[C@H]2[C@H]3[C@H](O)[C@H](O)CC(=NOCc4ccccc4)[C@H]3CC[C@H]2C1=O. The number of aliphatic hydroxyl groups is 2. The number of amides is 2. The molecule has 2 N–H and O–H groups in total. The Kier molecular flexibility index (Phi) is 7.09. The molecule has 2 aliphatic carbocycles. The number of hydrogen-bond donors (Lipinski definition) is 2. The molecule has 1 heterocycles. The Balaban J connectivity index is 1.50. The first-order valence-corrected chi connectivity index (χ1v) is 11.5. The van der Waals surface area contributed by atoms with Crippen molar-refractivity contribution in [3.63, 3.8) is 0 Å². The number of carbonyl (C=O) groups excluding carboxylic acids is 3. The van der Waals surface area contributed by atoms with Crippen LogP contribution in [-0.2, 0) is 30.6 Å². The number of benzene rings is 1. The Hall–Kier alpha value is -2.78. The second kappa shape index (κ2) is 10.0. The molecule has 3 aliphatic rings. The van der Waals surface area contributed by atoms with E-state index < -0.39 is 41.8 Å². The smallest absolute Gasteiger partial charge is 0.307 e. The van der Waals surface area contributed by atoms with Crippen molar-refractivity contribution in [3.8, 4) is 0 Å². The Morgan fingerprint density at radius 1 is 1.12 bits per heavy atom. The van der Waals surface area contributed by atoms with Crippen LogP contribution >= 0.6 is 0 Å². The minimum Gasteiger partial charge on any atom is -0.466 e. The third kappa shape index (κ3) is 4.65. The van der Waals surface area contributed by atoms with E-state index in [1.807, 2.05) is 30.3 Å². The zero-order chi connectivity index (χ0) is 23.5. The number of oxime groups is 1. The number of nitrogens with zero attached hydrogens (tertiary/aromatic N) is 2. The van der Waals surface area contributed by atoms with Gasteiger partial charge in [-0.2, -0.15) is 0 Å². The molecule has 1 saturated heterocycles. The number of ether oxygens (including phenoxy) is 1. The van der Waals surface area contributed by atoms with Crippen LogP contribution in [0.4, 0.5) is 0 Å². The monoisotopic (exact) mass is 458 g/mol. The van der Waals surface area contributed by atoms with Crippen LogP contribution in [0.15, 0.2) is 35.5 Å². The second-order valence-corrected chi connectivity index (χ2v) is 8.88. The van der Waals surface area contributed by atoms with Crippen LogP contribution in [0.3, 0.4) is 0 Å². The highest BCUT2D eigenvalue weighted by atomic mass is 16.6. The van der Waals surface area contributed by atoms with Gasteiger partial charge in [0.05, 0.1) is 42.8 Å². The average Bonchev–Trinajstić information content (AvgIpc) is 3.06. The van der Waals surface area contributed by atoms with Gasteiger partial charge in [-0.3, -0.25) is 19.3 Å². The van der Waals surface area contributed by atoms with Crippen LogP contribution in [0, 0.1) is 23.7 Å². The third-order valence-corrected chi connectivity index (χ3v) is 6.97. The molecule has 178 valence electrons. The Labute approximate surface area is 192 Å². The number of carbonyl (C=O) groups is 3. The molecule has 1 aromatic carbocycles. The zero-order valence-corrected chi connectivity index (χ0v) is 18.6. The van der Waals surface area contributed by atoms with Gasteiger partial charge >= 0.3 is 5.97 Å². The van der Waals surface area contributed by atoms with Crippen molar-refractivity contribution in [2.75, 3.05) is 13.2 Å². The first kappa shape index (κ1) is 23.4. The molecule has 3 fully saturated rings. The van der Waals surface area contributed by atoms with Gasteiger partial charge in [-0.1, -0.05) is 35.5 Å². The molecule has 6 atom stereocenters. The number of imide groups is 1. The summed E-state index contributed by atoms with van der Waals surface area (Å²) in [6, 6.07) is 9.55. The lowest BCUT2D eigenvalue weighted by Crippen LogP contribution is -2.54. The molecule has 0 bridgehead atoms. The van der Waals surface area contributed by atoms with Crippen molar-refractivity contribution < 1.29 is 34.2 Å². The summed E-state index contributed by atoms with van der Waals surface area (Å²) in [5.41, 5.74) is 1.56. The fraction of sp³-hybridized carbons (Fsp3) is 0.583. The lowest BCUT2D eigenvalue weighted by molar-refractivity contribution is -0.145. The highest BCUT2D eigenvalue weighted by Crippen LogP contribution is 2.49. The van der Waals surface area contributed by atoms with Crippen LogP contribution in [0.25, 0.3) is 0 Å². The van der Waals surface area contributed by atoms with Crippen LogP contribution < -0.4 is 0 Å². The first-order valence-electron chi connectivity index (χ1n) is 11.5. The molecule has 2 saturated carbocycles. The number of esters is 1. The van der Waals surface area contributed by atoms with E-state index in [1.165, 1.54) is 0 Å². The van der Waals surface area contributed by atoms with Crippen molar-refractivity contribution in [1.29, 1.82) is 0 Å². The molecule has 4 rings (SSSR count). The van der Waals surface area contributed by atoms with Gasteiger partial charge in [0, 0.05) is 24.8 Å². The molecule has 0 spiro atoms. The minimum atomic E-state index is -1.14. The quantitative estimate of drug-likeness (QED) is 0.358. The number of likely N-dealkylation sites (tertiary alicyclic amines) is 1. The van der Waals surface area contributed by atoms with Gasteiger partial charge in [0.1, 0.15) is 6.61 Å². The summed E-state index contributed by atoms with van der Waals surface area (Å²) in [5.74, 6) is -3.39. The van der Waals surface area contributed by atoms with Crippen LogP contribution in [0.1, 0.15) is 38.2 Å². The summed E-state index contributed by atoms with van der Waals surface area (Å²) < 4.78 is 4.90. The van der Waals surface area contributed by atoms with E-state index in [0.29, 0.717) is 18.6 Å². The van der Waals surface area contributed by atoms with E-state index >= 15 is 0 Å². The van der Waals surface area contributed by atoms with Gasteiger partial charge in [-0.15, -0.1) is 0 Å². The Bertz CT molecular complexity index is 919. The highest BCUT2D eigenvalue weighted by molar-refractivity contribution is 6.06. The standard InChI is InChI=1S/C24H30N2O7/c1-2-32-19(28)10-11-26-23(30)16-9-8-15-17(25-33-13-14-6-4-3-5-7-14)12-18(27)22(29)20(15)21(16)24(26)31/h3-7,15-16,18,20-22,27,29H,2,8-13H2,1H3/t15-,16-,18-,20+,21-,22-/m1/s1. The molecule has 1 aliphatic heterocycles. The number of fused-ring (bicyclic) bond motifs is 3. The summed E-state index contributed by atoms with van der Waals surface area (Å²) in [6.07, 6.45) is -1.10. The van der Waals surface area contributed by atoms with E-state index in [2.05, 4.69) is 5.16 Å². The molecule has 1 aromatic rings. The summed E-state index contributed by atoms with van der Waals surface area (Å²) >= 11 is 0. The Morgan fingerprint density at radius 3 is 2.58 bits per heavy atom. The molecule has 33 heavy (non-hydrogen) atoms. The van der Waals surface area contributed by atoms with Gasteiger partial charge in [-0.05, 0) is 25.3 Å². The molecular formula is C24H30N2O7. The lowest BCUT2D eigenvalue weighted by atomic mass is 9.60. The van der Waals surface area contributed by atoms with Crippen molar-refractivity contribution in [1.82, 2.24) is 4.90 Å². The van der Waals surface area contributed by atoms with Gasteiger partial charge < -0.3 is 19.8 Å². The highest BCUT2D eigenvalue weighted by Gasteiger charge is 2.59. The van der Waals surface area contributed by atoms with Crippen molar-refractivity contribution in [2.45, 2.75) is 51.4 Å². The predicted octanol–water partition coefficient (Wildman–Crippen LogP) is 1.27. The maximum atomic E-state index is 13.2. The molecule has 9 heteroatoms. The lowest BCUT2D eigenvalue weighted by Gasteiger charge is -2.45. The molecule has 0 aromatic heterocycles. The minimum absolute atomic E-state index is 0.0410. The molecule has 9 nitrogen and oxygen atoms in total. The molecule has 0 unspecified atom stereocenters. The van der Waals surface area contributed by atoms with E-state index in [1.54, 1.807) is 6.92 Å². The van der Waals surface area contributed by atoms with Crippen molar-refractivity contribution in [3.05, 3.63) is 35.9 Å². The summed E-state index contributed by atoms with van der Waals surface area (Å²) in [6.45, 7) is 2.15. The van der Waals surface area contributed by atoms with Gasteiger partial charge in [0.2, 0.25) is 11.8 Å². The fourth-order valence-corrected chi connectivity index (χ4v) is 5.46. The Morgan fingerprint density at radius 2 is 1.85 bits per heavy atom. The molecular weight excluding hydrogens is 428 g/mol. The van der Waals surface area contributed by atoms with Crippen LogP contribution in [0.5, 0.6) is 0 Å². The molecule has 0 radical (unpaired) electrons. The second-order valence-electron chi connectivity index (χ2n) is 8.88. The van der Waals surface area contributed by atoms with Gasteiger partial charge in [0.15, 0.2) is 0 Å². The molecule has 2 amide bonds. The maximum Gasteiger partial charge on any atom is 0.307 e. The van der Waals surface area contributed by atoms with E-state index in [4.69, 9.17) is 9.57 Å². The van der Waals surface area contributed by atoms with Gasteiger partial charge in [-0.25, -0.2) is 0 Å².